The predicted molar refractivity (Wildman–Crippen MR) is 82.6 cm³/mol. The normalized spacial score (nSPS) is 11.1. The van der Waals surface area contributed by atoms with Gasteiger partial charge in [-0.25, -0.2) is 18.6 Å². The number of rotatable bonds is 5. The summed E-state index contributed by atoms with van der Waals surface area (Å²) in [6, 6.07) is 12.5. The van der Waals surface area contributed by atoms with Crippen LogP contribution >= 0.6 is 0 Å². The molecule has 0 unspecified atom stereocenters. The number of primary amides is 1. The second kappa shape index (κ2) is 6.59. The molecule has 2 aromatic carbocycles. The summed E-state index contributed by atoms with van der Waals surface area (Å²) in [7, 11) is -3.52. The minimum absolute atomic E-state index is 0.225. The van der Waals surface area contributed by atoms with Crippen molar-refractivity contribution >= 4 is 15.9 Å². The number of carbonyl (C=O) groups is 1. The summed E-state index contributed by atoms with van der Waals surface area (Å²) in [4.78, 5) is 11.0. The summed E-state index contributed by atoms with van der Waals surface area (Å²) < 4.78 is 24.9. The summed E-state index contributed by atoms with van der Waals surface area (Å²) in [5.74, 6) is 0. The second-order valence-corrected chi connectivity index (χ2v) is 6.75. The Labute approximate surface area is 129 Å². The molecule has 7 heteroatoms. The summed E-state index contributed by atoms with van der Waals surface area (Å²) >= 11 is 0. The number of sulfone groups is 1. The highest BCUT2D eigenvalue weighted by Gasteiger charge is 2.16. The van der Waals surface area contributed by atoms with E-state index in [1.807, 2.05) is 6.92 Å². The van der Waals surface area contributed by atoms with E-state index in [1.165, 1.54) is 12.1 Å². The van der Waals surface area contributed by atoms with Crippen LogP contribution in [0.15, 0.2) is 58.3 Å². The number of urea groups is 1. The monoisotopic (exact) mass is 319 g/mol. The molecule has 0 bridgehead atoms. The summed E-state index contributed by atoms with van der Waals surface area (Å²) in [5.41, 5.74) is 11.6. The van der Waals surface area contributed by atoms with E-state index in [-0.39, 0.29) is 9.79 Å². The highest BCUT2D eigenvalue weighted by Crippen LogP contribution is 2.21. The van der Waals surface area contributed by atoms with Crippen molar-refractivity contribution in [1.29, 1.82) is 0 Å². The summed E-state index contributed by atoms with van der Waals surface area (Å²) in [5, 5.41) is 0. The average molecular weight is 319 g/mol. The fourth-order valence-electron chi connectivity index (χ4n) is 1.87. The van der Waals surface area contributed by atoms with Gasteiger partial charge in [-0.1, -0.05) is 29.8 Å². The number of hydrogen-bond donors (Lipinski definition) is 3. The fraction of sp³-hybridized carbons (Fsp3) is 0.133. The van der Waals surface area contributed by atoms with Crippen LogP contribution in [0.3, 0.4) is 0 Å². The van der Waals surface area contributed by atoms with Crippen LogP contribution in [0.25, 0.3) is 0 Å². The lowest BCUT2D eigenvalue weighted by atomic mass is 10.2. The number of hydrazine groups is 1. The Bertz CT molecular complexity index is 754. The third-order valence-corrected chi connectivity index (χ3v) is 4.85. The molecule has 2 amide bonds. The van der Waals surface area contributed by atoms with E-state index in [9.17, 15) is 13.2 Å². The van der Waals surface area contributed by atoms with Crippen LogP contribution in [0.4, 0.5) is 4.79 Å². The van der Waals surface area contributed by atoms with E-state index in [4.69, 9.17) is 5.73 Å². The Morgan fingerprint density at radius 3 is 2.00 bits per heavy atom. The van der Waals surface area contributed by atoms with Gasteiger partial charge < -0.3 is 5.73 Å². The Kier molecular flexibility index (Phi) is 4.79. The van der Waals surface area contributed by atoms with Crippen molar-refractivity contribution in [1.82, 2.24) is 10.9 Å². The van der Waals surface area contributed by atoms with Gasteiger partial charge >= 0.3 is 6.03 Å². The number of nitrogens with two attached hydrogens (primary N) is 1. The number of benzene rings is 2. The van der Waals surface area contributed by atoms with Gasteiger partial charge in [0.1, 0.15) is 0 Å². The van der Waals surface area contributed by atoms with Crippen molar-refractivity contribution in [3.8, 4) is 0 Å². The van der Waals surface area contributed by atoms with Crippen LogP contribution in [0.5, 0.6) is 0 Å². The van der Waals surface area contributed by atoms with Crippen molar-refractivity contribution in [3.63, 3.8) is 0 Å². The SMILES string of the molecule is Cc1ccc(S(=O)(=O)c2ccc(CNNC(N)=O)cc2)cc1. The number of aryl methyl sites for hydroxylation is 1. The zero-order valence-electron chi connectivity index (χ0n) is 12.0. The van der Waals surface area contributed by atoms with E-state index in [1.54, 1.807) is 36.4 Å². The van der Waals surface area contributed by atoms with E-state index in [0.29, 0.717) is 6.54 Å². The van der Waals surface area contributed by atoms with E-state index < -0.39 is 15.9 Å². The first-order valence-corrected chi connectivity index (χ1v) is 8.07. The minimum Gasteiger partial charge on any atom is -0.351 e. The van der Waals surface area contributed by atoms with Gasteiger partial charge in [0.2, 0.25) is 9.84 Å². The van der Waals surface area contributed by atoms with Crippen molar-refractivity contribution in [3.05, 3.63) is 59.7 Å². The summed E-state index contributed by atoms with van der Waals surface area (Å²) in [6.07, 6.45) is 0. The van der Waals surface area contributed by atoms with Gasteiger partial charge in [-0.2, -0.15) is 0 Å². The lowest BCUT2D eigenvalue weighted by Crippen LogP contribution is -2.40. The first-order chi connectivity index (χ1) is 10.4. The van der Waals surface area contributed by atoms with E-state index in [2.05, 4.69) is 10.9 Å². The van der Waals surface area contributed by atoms with Crippen LogP contribution in [-0.4, -0.2) is 14.4 Å². The fourth-order valence-corrected chi connectivity index (χ4v) is 3.13. The van der Waals surface area contributed by atoms with Gasteiger partial charge in [0, 0.05) is 6.54 Å². The molecule has 0 saturated carbocycles. The Balaban J connectivity index is 2.15. The smallest absolute Gasteiger partial charge is 0.326 e. The molecule has 0 heterocycles. The maximum atomic E-state index is 12.5. The molecule has 0 radical (unpaired) electrons. The van der Waals surface area contributed by atoms with Crippen LogP contribution in [0.2, 0.25) is 0 Å². The van der Waals surface area contributed by atoms with Crippen molar-refractivity contribution in [2.24, 2.45) is 5.73 Å². The number of nitrogens with one attached hydrogen (secondary N) is 2. The predicted octanol–water partition coefficient (Wildman–Crippen LogP) is 1.50. The number of hydrogen-bond acceptors (Lipinski definition) is 4. The van der Waals surface area contributed by atoms with Crippen LogP contribution in [-0.2, 0) is 16.4 Å². The van der Waals surface area contributed by atoms with Gasteiger partial charge in [0.05, 0.1) is 9.79 Å². The molecule has 0 aromatic heterocycles. The largest absolute Gasteiger partial charge is 0.351 e. The van der Waals surface area contributed by atoms with E-state index >= 15 is 0 Å². The molecule has 0 fully saturated rings. The molecule has 4 N–H and O–H groups in total. The average Bonchev–Trinajstić information content (AvgIpc) is 2.48. The van der Waals surface area contributed by atoms with Gasteiger partial charge in [-0.15, -0.1) is 0 Å². The molecular formula is C15H17N3O3S. The maximum absolute atomic E-state index is 12.5. The van der Waals surface area contributed by atoms with Gasteiger partial charge in [0.15, 0.2) is 0 Å². The molecule has 2 rings (SSSR count). The highest BCUT2D eigenvalue weighted by atomic mass is 32.2. The molecule has 6 nitrogen and oxygen atoms in total. The number of amides is 2. The second-order valence-electron chi connectivity index (χ2n) is 4.80. The van der Waals surface area contributed by atoms with Crippen LogP contribution < -0.4 is 16.6 Å². The van der Waals surface area contributed by atoms with Gasteiger partial charge in [-0.3, -0.25) is 5.43 Å². The third kappa shape index (κ3) is 3.84. The van der Waals surface area contributed by atoms with Crippen molar-refractivity contribution < 1.29 is 13.2 Å². The molecule has 0 spiro atoms. The molecular weight excluding hydrogens is 302 g/mol. The Morgan fingerprint density at radius 2 is 1.50 bits per heavy atom. The quantitative estimate of drug-likeness (QED) is 0.727. The highest BCUT2D eigenvalue weighted by molar-refractivity contribution is 7.91. The van der Waals surface area contributed by atoms with Crippen LogP contribution in [0.1, 0.15) is 11.1 Å². The third-order valence-electron chi connectivity index (χ3n) is 3.07. The first kappa shape index (κ1) is 16.0. The minimum atomic E-state index is -3.52. The summed E-state index contributed by atoms with van der Waals surface area (Å²) in [6.45, 7) is 2.24. The lowest BCUT2D eigenvalue weighted by molar-refractivity contribution is 0.244. The Morgan fingerprint density at radius 1 is 1.00 bits per heavy atom. The molecule has 0 atom stereocenters. The van der Waals surface area contributed by atoms with Gasteiger partial charge in [-0.05, 0) is 36.8 Å². The van der Waals surface area contributed by atoms with Crippen molar-refractivity contribution in [2.45, 2.75) is 23.3 Å². The maximum Gasteiger partial charge on any atom is 0.326 e. The molecule has 0 saturated heterocycles. The van der Waals surface area contributed by atoms with E-state index in [0.717, 1.165) is 11.1 Å². The van der Waals surface area contributed by atoms with Gasteiger partial charge in [0.25, 0.3) is 0 Å². The standard InChI is InChI=1S/C15H17N3O3S/c1-11-2-6-13(7-3-11)22(20,21)14-8-4-12(5-9-14)10-17-18-15(16)19/h2-9,17H,10H2,1H3,(H3,16,18,19). The lowest BCUT2D eigenvalue weighted by Gasteiger charge is -2.07. The molecule has 116 valence electrons. The van der Waals surface area contributed by atoms with Crippen LogP contribution in [0, 0.1) is 6.92 Å². The Hall–Kier alpha value is -2.38. The number of carbonyl (C=O) groups excluding carboxylic acids is 1. The molecule has 0 aliphatic rings. The van der Waals surface area contributed by atoms with Crippen molar-refractivity contribution in [2.75, 3.05) is 0 Å². The first-order valence-electron chi connectivity index (χ1n) is 6.58. The molecule has 0 aliphatic carbocycles. The topological polar surface area (TPSA) is 101 Å². The zero-order valence-corrected chi connectivity index (χ0v) is 12.9. The molecule has 0 aliphatic heterocycles. The molecule has 2 aromatic rings. The zero-order chi connectivity index (χ0) is 16.2. The molecule has 22 heavy (non-hydrogen) atoms.